The molecule has 0 bridgehead atoms. The van der Waals surface area contributed by atoms with Gasteiger partial charge in [0.15, 0.2) is 1.41 Å². The second-order valence-electron chi connectivity index (χ2n) is 5.89. The summed E-state index contributed by atoms with van der Waals surface area (Å²) in [4.78, 5) is 7.15. The lowest BCUT2D eigenvalue weighted by atomic mass is 10.0. The predicted molar refractivity (Wildman–Crippen MR) is 115 cm³/mol. The van der Waals surface area contributed by atoms with E-state index < -0.39 is 78.7 Å². The molecule has 0 atom stereocenters. The number of benzene rings is 1. The molecular weight excluding hydrogens is 395 g/mol. The van der Waals surface area contributed by atoms with E-state index in [0.717, 1.165) is 17.4 Å². The van der Waals surface area contributed by atoms with Gasteiger partial charge in [-0.3, -0.25) is 4.90 Å². The van der Waals surface area contributed by atoms with Crippen molar-refractivity contribution in [2.75, 3.05) is 18.3 Å². The molecule has 0 unspecified atom stereocenters. The van der Waals surface area contributed by atoms with Gasteiger partial charge in [-0.1, -0.05) is 31.5 Å². The fraction of sp³-hybridized carbons (Fsp3) is 0.429. The Morgan fingerprint density at radius 3 is 3.04 bits per heavy atom. The molecule has 2 aromatic heterocycles. The van der Waals surface area contributed by atoms with Gasteiger partial charge >= 0.3 is 0 Å². The second kappa shape index (κ2) is 8.31. The number of hydrogen-bond acceptors (Lipinski definition) is 5. The molecule has 0 radical (unpaired) electrons. The number of thiophene rings is 1. The van der Waals surface area contributed by atoms with E-state index >= 15 is 0 Å². The van der Waals surface area contributed by atoms with Gasteiger partial charge in [0, 0.05) is 45.5 Å². The zero-order chi connectivity index (χ0) is 33.1. The number of rotatable bonds is 5. The Balaban J connectivity index is 2.01. The van der Waals surface area contributed by atoms with Crippen LogP contribution in [0.4, 0.5) is 10.2 Å². The summed E-state index contributed by atoms with van der Waals surface area (Å²) >= 11 is 6.54. The van der Waals surface area contributed by atoms with Crippen molar-refractivity contribution in [2.45, 2.75) is 45.0 Å². The van der Waals surface area contributed by atoms with Crippen molar-refractivity contribution in [2.24, 2.45) is 0 Å². The molecule has 0 amide bonds. The Kier molecular flexibility index (Phi) is 2.54. The van der Waals surface area contributed by atoms with Crippen LogP contribution in [0.25, 0.3) is 10.2 Å². The van der Waals surface area contributed by atoms with Gasteiger partial charge in [0.25, 0.3) is 0 Å². The van der Waals surface area contributed by atoms with Crippen LogP contribution in [-0.2, 0) is 6.50 Å². The highest BCUT2D eigenvalue weighted by Crippen LogP contribution is 2.33. The smallest absolute Gasteiger partial charge is 0.162 e. The number of halogens is 2. The average molecular weight is 434 g/mol. The van der Waals surface area contributed by atoms with Gasteiger partial charge in [0.1, 0.15) is 24.1 Å². The molecule has 1 aliphatic rings. The van der Waals surface area contributed by atoms with Crippen LogP contribution >= 0.6 is 22.9 Å². The van der Waals surface area contributed by atoms with Crippen molar-refractivity contribution in [1.82, 2.24) is 14.9 Å². The number of piperidine rings is 1. The topological polar surface area (TPSA) is 41.1 Å². The maximum atomic E-state index is 13.8. The minimum atomic E-state index is -3.98. The lowest BCUT2D eigenvalue weighted by molar-refractivity contribution is 0.211. The first-order chi connectivity index (χ1) is 19.2. The molecule has 3 aromatic rings. The first-order valence-electron chi connectivity index (χ1n) is 15.5. The van der Waals surface area contributed by atoms with Crippen molar-refractivity contribution < 1.29 is 25.0 Å². The van der Waals surface area contributed by atoms with E-state index in [1.165, 1.54) is 13.8 Å². The second-order valence-corrected chi connectivity index (χ2v) is 7.30. The monoisotopic (exact) mass is 433 g/mol. The molecule has 0 aliphatic carbocycles. The minimum absolute atomic E-state index is 0.0775. The zero-order valence-corrected chi connectivity index (χ0v) is 16.3. The van der Waals surface area contributed by atoms with Gasteiger partial charge in [-0.25, -0.2) is 14.4 Å². The summed E-state index contributed by atoms with van der Waals surface area (Å²) < 4.78 is 143. The number of anilines is 1. The van der Waals surface area contributed by atoms with Crippen molar-refractivity contribution in [1.29, 1.82) is 0 Å². The van der Waals surface area contributed by atoms with E-state index in [1.807, 2.05) is 0 Å². The third-order valence-electron chi connectivity index (χ3n) is 3.59. The first-order valence-corrected chi connectivity index (χ1v) is 9.23. The van der Waals surface area contributed by atoms with Crippen LogP contribution in [0.1, 0.15) is 62.1 Å². The Labute approximate surface area is 194 Å². The maximum Gasteiger partial charge on any atom is 0.162 e. The van der Waals surface area contributed by atoms with E-state index in [0.29, 0.717) is 12.1 Å². The van der Waals surface area contributed by atoms with Gasteiger partial charge in [-0.15, -0.1) is 11.3 Å². The van der Waals surface area contributed by atoms with Crippen LogP contribution in [-0.4, -0.2) is 33.9 Å². The van der Waals surface area contributed by atoms with E-state index in [4.69, 9.17) is 32.2 Å². The Hall–Kier alpha value is -1.76. The molecule has 4 nitrogen and oxygen atoms in total. The van der Waals surface area contributed by atoms with Crippen molar-refractivity contribution in [3.63, 3.8) is 0 Å². The fourth-order valence-electron chi connectivity index (χ4n) is 2.24. The molecule has 4 rings (SSSR count). The molecule has 28 heavy (non-hydrogen) atoms. The van der Waals surface area contributed by atoms with Gasteiger partial charge in [-0.05, 0) is 42.4 Å². The summed E-state index contributed by atoms with van der Waals surface area (Å²) in [6.07, 6.45) is -8.76. The predicted octanol–water partition coefficient (Wildman–Crippen LogP) is 5.68. The Morgan fingerprint density at radius 1 is 1.54 bits per heavy atom. The van der Waals surface area contributed by atoms with Crippen LogP contribution in [0.5, 0.6) is 0 Å². The molecule has 0 spiro atoms. The molecule has 1 saturated heterocycles. The third kappa shape index (κ3) is 4.29. The van der Waals surface area contributed by atoms with Crippen LogP contribution in [0.15, 0.2) is 30.5 Å². The summed E-state index contributed by atoms with van der Waals surface area (Å²) in [7, 11) is 0. The van der Waals surface area contributed by atoms with Gasteiger partial charge in [0.2, 0.25) is 0 Å². The van der Waals surface area contributed by atoms with Crippen LogP contribution in [0.3, 0.4) is 0 Å². The summed E-state index contributed by atoms with van der Waals surface area (Å²) in [5, 5.41) is -1.25. The quantitative estimate of drug-likeness (QED) is 0.561. The van der Waals surface area contributed by atoms with E-state index in [1.54, 1.807) is 0 Å². The zero-order valence-electron chi connectivity index (χ0n) is 29.7. The van der Waals surface area contributed by atoms with Gasteiger partial charge in [0.05, 0.1) is 13.2 Å². The van der Waals surface area contributed by atoms with Crippen LogP contribution in [0.2, 0.25) is 6.43 Å². The normalized spacial score (nSPS) is 33.2. The number of hydrogen-bond donors (Lipinski definition) is 1. The van der Waals surface area contributed by atoms with E-state index in [9.17, 15) is 4.39 Å². The molecule has 1 N–H and O–H groups in total. The maximum absolute atomic E-state index is 13.8. The summed E-state index contributed by atoms with van der Waals surface area (Å²) in [6, 6.07) is -2.15. The van der Waals surface area contributed by atoms with Crippen LogP contribution < -0.4 is 5.31 Å². The summed E-state index contributed by atoms with van der Waals surface area (Å²) in [6.45, 7) is -8.38. The van der Waals surface area contributed by atoms with Crippen molar-refractivity contribution in [3.8, 4) is 0 Å². The van der Waals surface area contributed by atoms with Crippen molar-refractivity contribution >= 4 is 39.0 Å². The average Bonchev–Trinajstić information content (AvgIpc) is 3.19. The molecule has 148 valence electrons. The van der Waals surface area contributed by atoms with E-state index in [-0.39, 0.29) is 25.3 Å². The number of likely N-dealkylation sites (tertiary alicyclic amines) is 1. The lowest BCUT2D eigenvalue weighted by Crippen LogP contribution is -2.38. The Bertz CT molecular complexity index is 1580. The summed E-state index contributed by atoms with van der Waals surface area (Å²) in [5.74, 6) is -3.27. The van der Waals surface area contributed by atoms with Gasteiger partial charge < -0.3 is 5.31 Å². The highest BCUT2D eigenvalue weighted by molar-refractivity contribution is 7.18. The third-order valence-corrected chi connectivity index (χ3v) is 5.08. The highest BCUT2D eigenvalue weighted by atomic mass is 35.5. The molecule has 3 heterocycles. The molecule has 7 heteroatoms. The van der Waals surface area contributed by atoms with Crippen LogP contribution in [0, 0.1) is 5.82 Å². The Morgan fingerprint density at radius 2 is 2.32 bits per heavy atom. The van der Waals surface area contributed by atoms with Gasteiger partial charge in [-0.2, -0.15) is 0 Å². The highest BCUT2D eigenvalue weighted by Gasteiger charge is 2.21. The number of aromatic nitrogens is 2. The molecule has 1 aromatic carbocycles. The lowest BCUT2D eigenvalue weighted by Gasteiger charge is -2.32. The van der Waals surface area contributed by atoms with E-state index in [2.05, 4.69) is 9.97 Å². The fourth-order valence-corrected chi connectivity index (χ4v) is 3.30. The number of fused-ring (bicyclic) bond motifs is 1. The van der Waals surface area contributed by atoms with Crippen molar-refractivity contribution in [3.05, 3.63) is 51.8 Å². The number of nitrogens with zero attached hydrogens (tertiary/aromatic N) is 3. The minimum Gasteiger partial charge on any atom is -0.367 e. The standard InChI is InChI=1S/C21H24ClFN4S/c1-13(2)19-10-16-20(24-12-25-21(16)28-19)26-15-5-7-27(8-6-15)11-14-3-4-18(23)17(22)9-14/h3-4,9-10,12-13,15H,5-8,11H2,1-2H3,(H,24,25,26)/i5D2,6D2,7D2,8D2,10D,11D2,12D,13D,15D/hD. The summed E-state index contributed by atoms with van der Waals surface area (Å²) in [5.41, 5.74) is -0.655. The molecular formula is C21H24ClFN4S. The largest absolute Gasteiger partial charge is 0.367 e. The first kappa shape index (κ1) is 8.54. The number of nitrogens with one attached hydrogen (secondary N) is 1. The molecule has 1 fully saturated rings. The SMILES string of the molecule is [2H]c1nc(N([2H])C2([2H])C([2H])([2H])C([2H])([2H])N(C([2H])([2H])c3ccc(F)c(Cl)c3)C([2H])([2H])C2([2H])[2H])c2c([2H])c(C([2H])(C)C)sc2n1. The molecule has 0 saturated carbocycles. The molecule has 1 aliphatic heterocycles.